The Labute approximate surface area is 132 Å². The van der Waals surface area contributed by atoms with E-state index in [1.807, 2.05) is 23.5 Å². The minimum atomic E-state index is 0.398. The first-order valence-electron chi connectivity index (χ1n) is 7.16. The van der Waals surface area contributed by atoms with Crippen molar-refractivity contribution >= 4 is 39.5 Å². The van der Waals surface area contributed by atoms with E-state index >= 15 is 0 Å². The predicted octanol–water partition coefficient (Wildman–Crippen LogP) is 5.51. The van der Waals surface area contributed by atoms with Gasteiger partial charge >= 0.3 is 0 Å². The highest BCUT2D eigenvalue weighted by Gasteiger charge is 2.33. The zero-order valence-electron chi connectivity index (χ0n) is 11.4. The van der Waals surface area contributed by atoms with Gasteiger partial charge in [0.2, 0.25) is 0 Å². The maximum atomic E-state index is 6.25. The van der Waals surface area contributed by atoms with Crippen LogP contribution in [0.2, 0.25) is 5.02 Å². The van der Waals surface area contributed by atoms with E-state index < -0.39 is 0 Å². The van der Waals surface area contributed by atoms with Gasteiger partial charge in [0.1, 0.15) is 0 Å². The third-order valence-electron chi connectivity index (χ3n) is 3.97. The molecular formula is C17H15ClN2S. The lowest BCUT2D eigenvalue weighted by molar-refractivity contribution is 0.692. The molecule has 0 aliphatic heterocycles. The van der Waals surface area contributed by atoms with Crippen LogP contribution in [0.3, 0.4) is 0 Å². The summed E-state index contributed by atoms with van der Waals surface area (Å²) in [5.41, 5.74) is 1.98. The zero-order chi connectivity index (χ0) is 14.2. The molecule has 0 spiro atoms. The first-order chi connectivity index (χ1) is 10.3. The molecule has 0 radical (unpaired) electrons. The standard InChI is InChI=1S/C17H15ClN2S/c18-13-7-8-14(12-3-1-9-19-17(12)13)20-16(11-5-6-11)15-4-2-10-21-15/h1-4,7-11,16,20H,5-6H2. The molecule has 1 fully saturated rings. The van der Waals surface area contributed by atoms with Crippen LogP contribution < -0.4 is 5.32 Å². The second kappa shape index (κ2) is 5.32. The second-order valence-electron chi connectivity index (χ2n) is 5.47. The maximum absolute atomic E-state index is 6.25. The van der Waals surface area contributed by atoms with E-state index in [1.165, 1.54) is 17.7 Å². The van der Waals surface area contributed by atoms with Gasteiger partial charge in [0, 0.05) is 22.1 Å². The Morgan fingerprint density at radius 2 is 2.10 bits per heavy atom. The number of hydrogen-bond acceptors (Lipinski definition) is 3. The SMILES string of the molecule is Clc1ccc(NC(c2cccs2)C2CC2)c2cccnc12. The Kier molecular flexibility index (Phi) is 3.32. The molecule has 106 valence electrons. The van der Waals surface area contributed by atoms with Gasteiger partial charge in [0.05, 0.1) is 16.6 Å². The average Bonchev–Trinajstić information content (AvgIpc) is 3.21. The number of thiophene rings is 1. The van der Waals surface area contributed by atoms with Gasteiger partial charge in [-0.15, -0.1) is 11.3 Å². The highest BCUT2D eigenvalue weighted by molar-refractivity contribution is 7.10. The lowest BCUT2D eigenvalue weighted by Crippen LogP contribution is -2.11. The minimum Gasteiger partial charge on any atom is -0.377 e. The van der Waals surface area contributed by atoms with Crippen molar-refractivity contribution in [1.82, 2.24) is 4.98 Å². The predicted molar refractivity (Wildman–Crippen MR) is 90.2 cm³/mol. The van der Waals surface area contributed by atoms with Crippen molar-refractivity contribution < 1.29 is 0 Å². The molecule has 0 bridgehead atoms. The Morgan fingerprint density at radius 1 is 1.19 bits per heavy atom. The van der Waals surface area contributed by atoms with Gasteiger partial charge in [-0.05, 0) is 54.5 Å². The van der Waals surface area contributed by atoms with Crippen LogP contribution in [0, 0.1) is 5.92 Å². The fraction of sp³-hybridized carbons (Fsp3) is 0.235. The summed E-state index contributed by atoms with van der Waals surface area (Å²) >= 11 is 8.07. The molecule has 4 heteroatoms. The van der Waals surface area contributed by atoms with Crippen LogP contribution in [0.4, 0.5) is 5.69 Å². The molecule has 1 saturated carbocycles. The Bertz CT molecular complexity index is 766. The molecule has 2 heterocycles. The van der Waals surface area contributed by atoms with Gasteiger partial charge in [-0.2, -0.15) is 0 Å². The fourth-order valence-corrected chi connectivity index (χ4v) is 3.83. The molecule has 2 aromatic heterocycles. The molecule has 1 aliphatic carbocycles. The summed E-state index contributed by atoms with van der Waals surface area (Å²) < 4.78 is 0. The van der Waals surface area contributed by atoms with Crippen LogP contribution in [0.15, 0.2) is 48.0 Å². The number of aromatic nitrogens is 1. The molecular weight excluding hydrogens is 300 g/mol. The first kappa shape index (κ1) is 13.1. The van der Waals surface area contributed by atoms with Gasteiger partial charge in [0.15, 0.2) is 0 Å². The fourth-order valence-electron chi connectivity index (χ4n) is 2.75. The third-order valence-corrected chi connectivity index (χ3v) is 5.23. The Balaban J connectivity index is 1.75. The molecule has 2 nitrogen and oxygen atoms in total. The molecule has 3 aromatic rings. The van der Waals surface area contributed by atoms with Gasteiger partial charge in [0.25, 0.3) is 0 Å². The van der Waals surface area contributed by atoms with Gasteiger partial charge in [-0.1, -0.05) is 17.7 Å². The monoisotopic (exact) mass is 314 g/mol. The smallest absolute Gasteiger partial charge is 0.0908 e. The molecule has 1 atom stereocenters. The highest BCUT2D eigenvalue weighted by atomic mass is 35.5. The second-order valence-corrected chi connectivity index (χ2v) is 6.86. The summed E-state index contributed by atoms with van der Waals surface area (Å²) in [5.74, 6) is 0.742. The molecule has 1 unspecified atom stereocenters. The van der Waals surface area contributed by atoms with Crippen molar-refractivity contribution in [1.29, 1.82) is 0 Å². The molecule has 4 rings (SSSR count). The normalized spacial score (nSPS) is 16.0. The quantitative estimate of drug-likeness (QED) is 0.686. The van der Waals surface area contributed by atoms with Gasteiger partial charge < -0.3 is 5.32 Å². The van der Waals surface area contributed by atoms with Crippen molar-refractivity contribution in [2.45, 2.75) is 18.9 Å². The van der Waals surface area contributed by atoms with Gasteiger partial charge in [-0.25, -0.2) is 0 Å². The Morgan fingerprint density at radius 3 is 2.86 bits per heavy atom. The van der Waals surface area contributed by atoms with Crippen molar-refractivity contribution in [3.05, 3.63) is 57.9 Å². The molecule has 0 saturated heterocycles. The van der Waals surface area contributed by atoms with Crippen molar-refractivity contribution in [2.75, 3.05) is 5.32 Å². The molecule has 21 heavy (non-hydrogen) atoms. The number of nitrogens with one attached hydrogen (secondary N) is 1. The van der Waals surface area contributed by atoms with Crippen LogP contribution in [-0.4, -0.2) is 4.98 Å². The highest BCUT2D eigenvalue weighted by Crippen LogP contribution is 2.45. The summed E-state index contributed by atoms with van der Waals surface area (Å²) in [4.78, 5) is 5.81. The van der Waals surface area contributed by atoms with Crippen LogP contribution in [0.1, 0.15) is 23.8 Å². The summed E-state index contributed by atoms with van der Waals surface area (Å²) in [6.45, 7) is 0. The first-order valence-corrected chi connectivity index (χ1v) is 8.42. The zero-order valence-corrected chi connectivity index (χ0v) is 13.0. The molecule has 1 aliphatic rings. The van der Waals surface area contributed by atoms with E-state index in [4.69, 9.17) is 11.6 Å². The molecule has 1 N–H and O–H groups in total. The summed E-state index contributed by atoms with van der Waals surface area (Å²) in [5, 5.41) is 7.67. The number of fused-ring (bicyclic) bond motifs is 1. The van der Waals surface area contributed by atoms with Gasteiger partial charge in [-0.3, -0.25) is 4.98 Å². The van der Waals surface area contributed by atoms with E-state index in [0.29, 0.717) is 11.1 Å². The number of halogens is 1. The van der Waals surface area contributed by atoms with E-state index in [2.05, 4.69) is 39.9 Å². The number of benzene rings is 1. The lowest BCUT2D eigenvalue weighted by Gasteiger charge is -2.19. The van der Waals surface area contributed by atoms with Crippen molar-refractivity contribution in [2.24, 2.45) is 5.92 Å². The average molecular weight is 315 g/mol. The van der Waals surface area contributed by atoms with Crippen molar-refractivity contribution in [3.8, 4) is 0 Å². The molecule has 1 aromatic carbocycles. The summed E-state index contributed by atoms with van der Waals surface area (Å²) in [7, 11) is 0. The van der Waals surface area contributed by atoms with E-state index in [-0.39, 0.29) is 0 Å². The largest absolute Gasteiger partial charge is 0.377 e. The molecule has 0 amide bonds. The number of anilines is 1. The number of hydrogen-bond donors (Lipinski definition) is 1. The van der Waals surface area contributed by atoms with E-state index in [0.717, 1.165) is 22.5 Å². The minimum absolute atomic E-state index is 0.398. The number of nitrogens with zero attached hydrogens (tertiary/aromatic N) is 1. The lowest BCUT2D eigenvalue weighted by atomic mass is 10.1. The van der Waals surface area contributed by atoms with E-state index in [1.54, 1.807) is 6.20 Å². The van der Waals surface area contributed by atoms with Crippen molar-refractivity contribution in [3.63, 3.8) is 0 Å². The Hall–Kier alpha value is -1.58. The number of rotatable bonds is 4. The summed E-state index contributed by atoms with van der Waals surface area (Å²) in [6.07, 6.45) is 4.40. The summed E-state index contributed by atoms with van der Waals surface area (Å²) in [6, 6.07) is 12.8. The van der Waals surface area contributed by atoms with Crippen LogP contribution in [-0.2, 0) is 0 Å². The van der Waals surface area contributed by atoms with E-state index in [9.17, 15) is 0 Å². The number of pyridine rings is 1. The van der Waals surface area contributed by atoms with Crippen LogP contribution in [0.5, 0.6) is 0 Å². The third kappa shape index (κ3) is 2.52. The maximum Gasteiger partial charge on any atom is 0.0908 e. The van der Waals surface area contributed by atoms with Crippen LogP contribution in [0.25, 0.3) is 10.9 Å². The van der Waals surface area contributed by atoms with Crippen LogP contribution >= 0.6 is 22.9 Å². The topological polar surface area (TPSA) is 24.9 Å².